The number of carbonyl (C=O) groups is 1. The third kappa shape index (κ3) is 4.11. The molecule has 0 bridgehead atoms. The molecule has 29 heavy (non-hydrogen) atoms. The largest absolute Gasteiger partial charge is 0.342 e. The fourth-order valence-corrected chi connectivity index (χ4v) is 5.91. The zero-order chi connectivity index (χ0) is 20.6. The lowest BCUT2D eigenvalue weighted by Crippen LogP contribution is -2.41. The van der Waals surface area contributed by atoms with Crippen molar-refractivity contribution < 1.29 is 13.2 Å². The predicted molar refractivity (Wildman–Crippen MR) is 117 cm³/mol. The van der Waals surface area contributed by atoms with E-state index in [0.29, 0.717) is 19.5 Å². The molecule has 154 valence electrons. The first kappa shape index (κ1) is 20.1. The summed E-state index contributed by atoms with van der Waals surface area (Å²) in [5.74, 6) is 0.568. The Balaban J connectivity index is 1.40. The van der Waals surface area contributed by atoms with Gasteiger partial charge in [0.1, 0.15) is 0 Å². The lowest BCUT2D eigenvalue weighted by molar-refractivity contribution is -0.131. The second-order valence-electron chi connectivity index (χ2n) is 8.66. The molecule has 1 fully saturated rings. The van der Waals surface area contributed by atoms with Crippen LogP contribution in [0.2, 0.25) is 0 Å². The zero-order valence-electron chi connectivity index (χ0n) is 17.2. The lowest BCUT2D eigenvalue weighted by Gasteiger charge is -2.32. The predicted octanol–water partition coefficient (Wildman–Crippen LogP) is 3.86. The summed E-state index contributed by atoms with van der Waals surface area (Å²) in [6, 6.07) is 14.7. The summed E-state index contributed by atoms with van der Waals surface area (Å²) in [7, 11) is -3.02. The molecule has 0 unspecified atom stereocenters. The van der Waals surface area contributed by atoms with Gasteiger partial charge in [-0.1, -0.05) is 42.5 Å². The fourth-order valence-electron chi connectivity index (χ4n) is 4.53. The summed E-state index contributed by atoms with van der Waals surface area (Å²) in [5.41, 5.74) is 6.26. The van der Waals surface area contributed by atoms with Gasteiger partial charge in [-0.2, -0.15) is 0 Å². The van der Waals surface area contributed by atoms with Crippen molar-refractivity contribution in [3.05, 3.63) is 59.2 Å². The zero-order valence-corrected chi connectivity index (χ0v) is 18.0. The van der Waals surface area contributed by atoms with Gasteiger partial charge in [0.2, 0.25) is 5.91 Å². The van der Waals surface area contributed by atoms with Gasteiger partial charge in [-0.25, -0.2) is 8.42 Å². The van der Waals surface area contributed by atoms with E-state index in [0.717, 1.165) is 24.8 Å². The number of benzene rings is 2. The Morgan fingerprint density at radius 3 is 2.45 bits per heavy atom. The summed E-state index contributed by atoms with van der Waals surface area (Å²) in [4.78, 5) is 14.9. The van der Waals surface area contributed by atoms with Crippen molar-refractivity contribution in [2.75, 3.05) is 18.8 Å². The normalized spacial score (nSPS) is 16.7. The van der Waals surface area contributed by atoms with Crippen molar-refractivity contribution in [3.8, 4) is 11.1 Å². The molecule has 0 saturated carbocycles. The SMILES string of the molecule is CC(C)S(=O)(=O)CC1CCN(C(=O)Cc2cccc3c2Cc2ccccc2-3)CC1. The van der Waals surface area contributed by atoms with Crippen molar-refractivity contribution in [2.45, 2.75) is 44.8 Å². The van der Waals surface area contributed by atoms with E-state index >= 15 is 0 Å². The number of piperidine rings is 1. The Morgan fingerprint density at radius 1 is 1.03 bits per heavy atom. The highest BCUT2D eigenvalue weighted by atomic mass is 32.2. The van der Waals surface area contributed by atoms with E-state index in [1.807, 2.05) is 11.0 Å². The number of sulfone groups is 1. The van der Waals surface area contributed by atoms with Gasteiger partial charge in [-0.05, 0) is 66.8 Å². The van der Waals surface area contributed by atoms with Crippen LogP contribution in [-0.2, 0) is 27.5 Å². The summed E-state index contributed by atoms with van der Waals surface area (Å²) in [6.45, 7) is 4.80. The van der Waals surface area contributed by atoms with Crippen LogP contribution < -0.4 is 0 Å². The number of nitrogens with zero attached hydrogens (tertiary/aromatic N) is 1. The number of hydrogen-bond acceptors (Lipinski definition) is 3. The van der Waals surface area contributed by atoms with Crippen molar-refractivity contribution in [3.63, 3.8) is 0 Å². The van der Waals surface area contributed by atoms with Crippen molar-refractivity contribution >= 4 is 15.7 Å². The smallest absolute Gasteiger partial charge is 0.227 e. The topological polar surface area (TPSA) is 54.5 Å². The third-order valence-corrected chi connectivity index (χ3v) is 8.82. The van der Waals surface area contributed by atoms with Crippen LogP contribution in [0.3, 0.4) is 0 Å². The second kappa shape index (κ2) is 7.94. The molecule has 4 rings (SSSR count). The Labute approximate surface area is 173 Å². The Morgan fingerprint density at radius 2 is 1.72 bits per heavy atom. The number of fused-ring (bicyclic) bond motifs is 3. The molecule has 2 aromatic rings. The van der Waals surface area contributed by atoms with Crippen LogP contribution >= 0.6 is 0 Å². The molecular weight excluding hydrogens is 382 g/mol. The van der Waals surface area contributed by atoms with Gasteiger partial charge in [0.05, 0.1) is 17.4 Å². The molecule has 0 N–H and O–H groups in total. The van der Waals surface area contributed by atoms with Gasteiger partial charge in [0.15, 0.2) is 9.84 Å². The van der Waals surface area contributed by atoms with Crippen LogP contribution in [0.1, 0.15) is 43.4 Å². The van der Waals surface area contributed by atoms with E-state index in [1.165, 1.54) is 22.3 Å². The Kier molecular flexibility index (Phi) is 5.52. The van der Waals surface area contributed by atoms with Crippen LogP contribution in [0.15, 0.2) is 42.5 Å². The van der Waals surface area contributed by atoms with Crippen molar-refractivity contribution in [1.29, 1.82) is 0 Å². The Hall–Kier alpha value is -2.14. The number of likely N-dealkylation sites (tertiary alicyclic amines) is 1. The van der Waals surface area contributed by atoms with Gasteiger partial charge in [0, 0.05) is 13.1 Å². The van der Waals surface area contributed by atoms with Crippen LogP contribution in [0.4, 0.5) is 0 Å². The van der Waals surface area contributed by atoms with E-state index < -0.39 is 9.84 Å². The highest BCUT2D eigenvalue weighted by molar-refractivity contribution is 7.91. The first-order valence-corrected chi connectivity index (χ1v) is 12.2. The highest BCUT2D eigenvalue weighted by Crippen LogP contribution is 2.38. The van der Waals surface area contributed by atoms with Crippen LogP contribution in [0.25, 0.3) is 11.1 Å². The van der Waals surface area contributed by atoms with Gasteiger partial charge in [-0.15, -0.1) is 0 Å². The van der Waals surface area contributed by atoms with Gasteiger partial charge in [0.25, 0.3) is 0 Å². The number of amides is 1. The number of carbonyl (C=O) groups excluding carboxylic acids is 1. The van der Waals surface area contributed by atoms with Crippen LogP contribution in [0, 0.1) is 5.92 Å². The molecular formula is C24H29NO3S. The molecule has 0 atom stereocenters. The summed E-state index contributed by atoms with van der Waals surface area (Å²) < 4.78 is 24.4. The minimum absolute atomic E-state index is 0.152. The average molecular weight is 412 g/mol. The molecule has 1 aliphatic heterocycles. The molecule has 0 radical (unpaired) electrons. The van der Waals surface area contributed by atoms with E-state index in [-0.39, 0.29) is 22.8 Å². The van der Waals surface area contributed by atoms with E-state index in [4.69, 9.17) is 0 Å². The molecule has 5 heteroatoms. The molecule has 1 saturated heterocycles. The quantitative estimate of drug-likeness (QED) is 0.641. The maximum absolute atomic E-state index is 12.9. The van der Waals surface area contributed by atoms with E-state index in [9.17, 15) is 13.2 Å². The maximum atomic E-state index is 12.9. The van der Waals surface area contributed by atoms with Gasteiger partial charge in [-0.3, -0.25) is 4.79 Å². The maximum Gasteiger partial charge on any atom is 0.227 e. The van der Waals surface area contributed by atoms with Crippen molar-refractivity contribution in [2.24, 2.45) is 5.92 Å². The van der Waals surface area contributed by atoms with E-state index in [2.05, 4.69) is 36.4 Å². The second-order valence-corrected chi connectivity index (χ2v) is 11.3. The van der Waals surface area contributed by atoms with Gasteiger partial charge >= 0.3 is 0 Å². The molecule has 4 nitrogen and oxygen atoms in total. The third-order valence-electron chi connectivity index (χ3n) is 6.44. The van der Waals surface area contributed by atoms with Crippen LogP contribution in [-0.4, -0.2) is 43.3 Å². The minimum Gasteiger partial charge on any atom is -0.342 e. The fraction of sp³-hybridized carbons (Fsp3) is 0.458. The first-order valence-electron chi connectivity index (χ1n) is 10.5. The Bertz CT molecular complexity index is 1020. The molecule has 0 spiro atoms. The van der Waals surface area contributed by atoms with Crippen LogP contribution in [0.5, 0.6) is 0 Å². The monoisotopic (exact) mass is 411 g/mol. The number of hydrogen-bond donors (Lipinski definition) is 0. The molecule has 0 aromatic heterocycles. The summed E-state index contributed by atoms with van der Waals surface area (Å²) in [6.07, 6.45) is 2.86. The van der Waals surface area contributed by atoms with Gasteiger partial charge < -0.3 is 4.90 Å². The summed E-state index contributed by atoms with van der Waals surface area (Å²) in [5, 5.41) is -0.327. The van der Waals surface area contributed by atoms with Crippen molar-refractivity contribution in [1.82, 2.24) is 4.90 Å². The molecule has 1 amide bonds. The summed E-state index contributed by atoms with van der Waals surface area (Å²) >= 11 is 0. The molecule has 2 aromatic carbocycles. The average Bonchev–Trinajstić information content (AvgIpc) is 3.08. The molecule has 1 aliphatic carbocycles. The first-order chi connectivity index (χ1) is 13.8. The lowest BCUT2D eigenvalue weighted by atomic mass is 9.96. The minimum atomic E-state index is -3.02. The van der Waals surface area contributed by atoms with E-state index in [1.54, 1.807) is 13.8 Å². The standard InChI is InChI=1S/C24H29NO3S/c1-17(2)29(27,28)16-18-10-12-25(13-11-18)24(26)15-20-7-5-9-22-21-8-4-3-6-19(21)14-23(20)22/h3-9,17-18H,10-16H2,1-2H3. The number of rotatable bonds is 5. The molecule has 2 aliphatic rings. The highest BCUT2D eigenvalue weighted by Gasteiger charge is 2.29. The molecule has 1 heterocycles.